The van der Waals surface area contributed by atoms with Crippen molar-refractivity contribution in [1.82, 2.24) is 5.32 Å². The minimum Gasteiger partial charge on any atom is -0.399 e. The first-order chi connectivity index (χ1) is 8.08. The topological polar surface area (TPSA) is 95.6 Å². The lowest BCUT2D eigenvalue weighted by Gasteiger charge is -2.22. The number of aliphatic hydroxyl groups excluding tert-OH is 2. The lowest BCUT2D eigenvalue weighted by atomic mass is 10.0. The fourth-order valence-corrected chi connectivity index (χ4v) is 1.39. The molecular formula is C12H16N2O3. The second-order valence-electron chi connectivity index (χ2n) is 3.61. The first-order valence-electron chi connectivity index (χ1n) is 5.15. The molecule has 1 aromatic carbocycles. The number of carbonyl (C=O) groups excluding carboxylic acids is 1. The average Bonchev–Trinajstić information content (AvgIpc) is 2.35. The molecule has 2 atom stereocenters. The second-order valence-corrected chi connectivity index (χ2v) is 3.61. The summed E-state index contributed by atoms with van der Waals surface area (Å²) in [6, 6.07) is 5.79. The average molecular weight is 236 g/mol. The van der Waals surface area contributed by atoms with Crippen molar-refractivity contribution in [2.24, 2.45) is 0 Å². The zero-order valence-corrected chi connectivity index (χ0v) is 9.34. The summed E-state index contributed by atoms with van der Waals surface area (Å²) in [6.07, 6.45) is 0.0859. The fourth-order valence-electron chi connectivity index (χ4n) is 1.39. The van der Waals surface area contributed by atoms with Gasteiger partial charge in [-0.2, -0.15) is 0 Å². The molecule has 5 N–H and O–H groups in total. The number of hydrogen-bond acceptors (Lipinski definition) is 4. The summed E-state index contributed by atoms with van der Waals surface area (Å²) in [6.45, 7) is 2.93. The number of carbonyl (C=O) groups is 1. The van der Waals surface area contributed by atoms with Crippen LogP contribution in [-0.4, -0.2) is 28.8 Å². The largest absolute Gasteiger partial charge is 0.399 e. The summed E-state index contributed by atoms with van der Waals surface area (Å²) < 4.78 is 0. The minimum atomic E-state index is -0.996. The first-order valence-corrected chi connectivity index (χ1v) is 5.15. The van der Waals surface area contributed by atoms with Crippen LogP contribution in [0.3, 0.4) is 0 Å². The van der Waals surface area contributed by atoms with E-state index in [0.29, 0.717) is 11.3 Å². The van der Waals surface area contributed by atoms with Gasteiger partial charge in [-0.1, -0.05) is 18.7 Å². The number of hydrogen-bond donors (Lipinski definition) is 4. The Hall–Kier alpha value is -1.85. The van der Waals surface area contributed by atoms with Crippen molar-refractivity contribution in [3.63, 3.8) is 0 Å². The molecule has 0 aliphatic rings. The summed E-state index contributed by atoms with van der Waals surface area (Å²) in [7, 11) is 0. The molecule has 0 aromatic heterocycles. The molecule has 1 amide bonds. The molecule has 0 radical (unpaired) electrons. The molecule has 1 rings (SSSR count). The van der Waals surface area contributed by atoms with E-state index < -0.39 is 18.1 Å². The number of nitrogen functional groups attached to an aromatic ring is 1. The lowest BCUT2D eigenvalue weighted by Crippen LogP contribution is -2.41. The van der Waals surface area contributed by atoms with Crippen molar-refractivity contribution in [3.8, 4) is 0 Å². The van der Waals surface area contributed by atoms with Crippen LogP contribution in [0.25, 0.3) is 0 Å². The molecule has 0 spiro atoms. The van der Waals surface area contributed by atoms with Gasteiger partial charge in [0.1, 0.15) is 6.10 Å². The maximum atomic E-state index is 11.1. The number of benzene rings is 1. The number of anilines is 1. The van der Waals surface area contributed by atoms with Gasteiger partial charge in [0.2, 0.25) is 5.91 Å². The monoisotopic (exact) mass is 236 g/mol. The molecule has 0 heterocycles. The predicted molar refractivity (Wildman–Crippen MR) is 65.0 cm³/mol. The molecule has 1 aromatic rings. The van der Waals surface area contributed by atoms with Gasteiger partial charge in [-0.05, 0) is 23.8 Å². The highest BCUT2D eigenvalue weighted by Gasteiger charge is 2.21. The minimum absolute atomic E-state index is 0.370. The van der Waals surface area contributed by atoms with Gasteiger partial charge < -0.3 is 21.3 Å². The van der Waals surface area contributed by atoms with Crippen LogP contribution >= 0.6 is 0 Å². The summed E-state index contributed by atoms with van der Waals surface area (Å²) in [4.78, 5) is 11.1. The molecule has 92 valence electrons. The molecular weight excluding hydrogens is 220 g/mol. The number of aliphatic hydroxyl groups is 2. The molecule has 0 fully saturated rings. The van der Waals surface area contributed by atoms with Crippen LogP contribution < -0.4 is 11.1 Å². The van der Waals surface area contributed by atoms with Gasteiger partial charge in [0.25, 0.3) is 0 Å². The Bertz CT molecular complexity index is 389. The van der Waals surface area contributed by atoms with Crippen LogP contribution in [0.15, 0.2) is 36.9 Å². The molecule has 5 heteroatoms. The Morgan fingerprint density at radius 1 is 1.47 bits per heavy atom. The van der Waals surface area contributed by atoms with E-state index in [1.807, 2.05) is 0 Å². The number of rotatable bonds is 5. The van der Waals surface area contributed by atoms with E-state index in [9.17, 15) is 9.90 Å². The van der Waals surface area contributed by atoms with Crippen molar-refractivity contribution >= 4 is 11.6 Å². The Morgan fingerprint density at radius 2 is 2.06 bits per heavy atom. The Kier molecular flexibility index (Phi) is 4.68. The van der Waals surface area contributed by atoms with Gasteiger partial charge in [-0.25, -0.2) is 0 Å². The van der Waals surface area contributed by atoms with Crippen molar-refractivity contribution in [2.45, 2.75) is 12.1 Å². The third-order valence-corrected chi connectivity index (χ3v) is 2.37. The number of nitrogens with two attached hydrogens (primary N) is 1. The molecule has 0 aliphatic heterocycles. The van der Waals surface area contributed by atoms with Crippen LogP contribution in [-0.2, 0) is 4.79 Å². The van der Waals surface area contributed by atoms with Gasteiger partial charge in [0, 0.05) is 5.69 Å². The predicted octanol–water partition coefficient (Wildman–Crippen LogP) is -0.0347. The zero-order chi connectivity index (χ0) is 12.8. The van der Waals surface area contributed by atoms with E-state index >= 15 is 0 Å². The van der Waals surface area contributed by atoms with Crippen LogP contribution in [0.2, 0.25) is 0 Å². The second kappa shape index (κ2) is 6.03. The van der Waals surface area contributed by atoms with Gasteiger partial charge in [-0.3, -0.25) is 4.79 Å². The number of amides is 1. The van der Waals surface area contributed by atoms with Crippen molar-refractivity contribution in [3.05, 3.63) is 42.5 Å². The van der Waals surface area contributed by atoms with Crippen LogP contribution in [0.5, 0.6) is 0 Å². The Morgan fingerprint density at radius 3 is 2.53 bits per heavy atom. The van der Waals surface area contributed by atoms with Crippen LogP contribution in [0, 0.1) is 0 Å². The highest BCUT2D eigenvalue weighted by atomic mass is 16.3. The van der Waals surface area contributed by atoms with Gasteiger partial charge in [0.05, 0.1) is 12.6 Å². The van der Waals surface area contributed by atoms with Crippen LogP contribution in [0.4, 0.5) is 5.69 Å². The van der Waals surface area contributed by atoms with E-state index in [0.717, 1.165) is 6.08 Å². The highest BCUT2D eigenvalue weighted by Crippen LogP contribution is 2.18. The fraction of sp³-hybridized carbons (Fsp3) is 0.250. The summed E-state index contributed by atoms with van der Waals surface area (Å²) in [5.41, 5.74) is 6.68. The smallest absolute Gasteiger partial charge is 0.243 e. The van der Waals surface area contributed by atoms with Gasteiger partial charge in [-0.15, -0.1) is 0 Å². The van der Waals surface area contributed by atoms with E-state index in [-0.39, 0.29) is 6.61 Å². The standard InChI is InChI=1S/C12H16N2O3/c1-2-11(16)14-10(7-15)12(17)8-3-5-9(13)6-4-8/h2-6,10,12,15,17H,1,7,13H2,(H,14,16)/t10-,12-/m1/s1. The maximum absolute atomic E-state index is 11.1. The molecule has 0 bridgehead atoms. The molecule has 17 heavy (non-hydrogen) atoms. The Balaban J connectivity index is 2.78. The summed E-state index contributed by atoms with van der Waals surface area (Å²) in [5.74, 6) is -0.446. The molecule has 0 aliphatic carbocycles. The van der Waals surface area contributed by atoms with Crippen molar-refractivity contribution in [2.75, 3.05) is 12.3 Å². The van der Waals surface area contributed by atoms with Gasteiger partial charge >= 0.3 is 0 Å². The van der Waals surface area contributed by atoms with Crippen molar-refractivity contribution < 1.29 is 15.0 Å². The third kappa shape index (κ3) is 3.58. The van der Waals surface area contributed by atoms with E-state index in [1.165, 1.54) is 0 Å². The van der Waals surface area contributed by atoms with Crippen molar-refractivity contribution in [1.29, 1.82) is 0 Å². The van der Waals surface area contributed by atoms with E-state index in [1.54, 1.807) is 24.3 Å². The number of nitrogens with one attached hydrogen (secondary N) is 1. The van der Waals surface area contributed by atoms with E-state index in [4.69, 9.17) is 10.8 Å². The SMILES string of the molecule is C=CC(=O)N[C@H](CO)[C@H](O)c1ccc(N)cc1. The van der Waals surface area contributed by atoms with Crippen LogP contribution in [0.1, 0.15) is 11.7 Å². The first kappa shape index (κ1) is 13.2. The third-order valence-electron chi connectivity index (χ3n) is 2.37. The van der Waals surface area contributed by atoms with Gasteiger partial charge in [0.15, 0.2) is 0 Å². The quantitative estimate of drug-likeness (QED) is 0.426. The summed E-state index contributed by atoms with van der Waals surface area (Å²) in [5, 5.41) is 21.5. The zero-order valence-electron chi connectivity index (χ0n) is 9.34. The summed E-state index contributed by atoms with van der Waals surface area (Å²) >= 11 is 0. The normalized spacial score (nSPS) is 13.8. The lowest BCUT2D eigenvalue weighted by molar-refractivity contribution is -0.118. The molecule has 0 unspecified atom stereocenters. The maximum Gasteiger partial charge on any atom is 0.243 e. The highest BCUT2D eigenvalue weighted by molar-refractivity contribution is 5.87. The molecule has 5 nitrogen and oxygen atoms in total. The Labute approximate surface area is 99.6 Å². The molecule has 0 saturated heterocycles. The van der Waals surface area contributed by atoms with E-state index in [2.05, 4.69) is 11.9 Å². The molecule has 0 saturated carbocycles.